The van der Waals surface area contributed by atoms with Gasteiger partial charge in [0, 0.05) is 18.9 Å². The van der Waals surface area contributed by atoms with E-state index in [0.717, 1.165) is 5.92 Å². The van der Waals surface area contributed by atoms with E-state index in [1.54, 1.807) is 0 Å². The maximum atomic E-state index is 4.29. The van der Waals surface area contributed by atoms with E-state index in [-0.39, 0.29) is 12.4 Å². The first-order chi connectivity index (χ1) is 8.27. The Morgan fingerprint density at radius 2 is 2.00 bits per heavy atom. The quantitative estimate of drug-likeness (QED) is 0.777. The van der Waals surface area contributed by atoms with Gasteiger partial charge in [-0.3, -0.25) is 4.98 Å². The molecule has 1 fully saturated rings. The van der Waals surface area contributed by atoms with Gasteiger partial charge >= 0.3 is 0 Å². The molecular weight excluding hydrogens is 244 g/mol. The lowest BCUT2D eigenvalue weighted by atomic mass is 9.83. The highest BCUT2D eigenvalue weighted by molar-refractivity contribution is 5.85. The molecule has 102 valence electrons. The van der Waals surface area contributed by atoms with Crippen LogP contribution in [-0.4, -0.2) is 30.5 Å². The average molecular weight is 269 g/mol. The molecule has 0 spiro atoms. The van der Waals surface area contributed by atoms with Crippen molar-refractivity contribution >= 4 is 12.4 Å². The van der Waals surface area contributed by atoms with Gasteiger partial charge in [-0.05, 0) is 50.4 Å². The molecule has 1 aliphatic carbocycles. The third-order valence-corrected chi connectivity index (χ3v) is 3.87. The van der Waals surface area contributed by atoms with E-state index in [0.29, 0.717) is 5.92 Å². The van der Waals surface area contributed by atoms with Gasteiger partial charge in [-0.2, -0.15) is 0 Å². The third kappa shape index (κ3) is 4.25. The molecule has 2 rings (SSSR count). The minimum absolute atomic E-state index is 0. The summed E-state index contributed by atoms with van der Waals surface area (Å²) in [6.07, 6.45) is 10.8. The number of hydrogen-bond acceptors (Lipinski definition) is 2. The van der Waals surface area contributed by atoms with Crippen LogP contribution in [0.4, 0.5) is 0 Å². The lowest BCUT2D eigenvalue weighted by molar-refractivity contribution is 0.277. The van der Waals surface area contributed by atoms with Crippen molar-refractivity contribution in [3.05, 3.63) is 30.1 Å². The van der Waals surface area contributed by atoms with E-state index in [2.05, 4.69) is 42.3 Å². The summed E-state index contributed by atoms with van der Waals surface area (Å²) in [5, 5.41) is 0. The van der Waals surface area contributed by atoms with Gasteiger partial charge in [-0.1, -0.05) is 25.3 Å². The summed E-state index contributed by atoms with van der Waals surface area (Å²) in [5.41, 5.74) is 1.45. The normalized spacial score (nSPS) is 24.4. The number of rotatable bonds is 3. The Hall–Kier alpha value is -0.600. The van der Waals surface area contributed by atoms with Crippen molar-refractivity contribution in [2.75, 3.05) is 20.6 Å². The summed E-state index contributed by atoms with van der Waals surface area (Å²) in [4.78, 5) is 6.62. The molecule has 2 atom stereocenters. The summed E-state index contributed by atoms with van der Waals surface area (Å²) < 4.78 is 0. The average Bonchev–Trinajstić information content (AvgIpc) is 2.55. The van der Waals surface area contributed by atoms with Gasteiger partial charge in [0.15, 0.2) is 0 Å². The van der Waals surface area contributed by atoms with E-state index < -0.39 is 0 Å². The molecule has 1 aromatic heterocycles. The Morgan fingerprint density at radius 1 is 1.22 bits per heavy atom. The fourth-order valence-electron chi connectivity index (χ4n) is 3.11. The molecule has 0 bridgehead atoms. The maximum absolute atomic E-state index is 4.29. The van der Waals surface area contributed by atoms with Crippen LogP contribution in [0.25, 0.3) is 0 Å². The summed E-state index contributed by atoms with van der Waals surface area (Å²) in [7, 11) is 4.37. The summed E-state index contributed by atoms with van der Waals surface area (Å²) in [6.45, 7) is 1.21. The number of aromatic nitrogens is 1. The number of halogens is 1. The minimum Gasteiger partial charge on any atom is -0.309 e. The SMILES string of the molecule is CN(C)C[C@@H]1CCCCC[C@@H]1c1cccnc1.Cl. The molecule has 1 saturated carbocycles. The molecule has 0 unspecified atom stereocenters. The first-order valence-corrected chi connectivity index (χ1v) is 6.82. The molecule has 0 amide bonds. The highest BCUT2D eigenvalue weighted by Gasteiger charge is 2.25. The summed E-state index contributed by atoms with van der Waals surface area (Å²) in [5.74, 6) is 1.52. The number of pyridine rings is 1. The van der Waals surface area contributed by atoms with Gasteiger partial charge in [0.05, 0.1) is 0 Å². The van der Waals surface area contributed by atoms with E-state index in [4.69, 9.17) is 0 Å². The second kappa shape index (κ2) is 7.75. The Morgan fingerprint density at radius 3 is 2.67 bits per heavy atom. The van der Waals surface area contributed by atoms with Crippen molar-refractivity contribution in [3.63, 3.8) is 0 Å². The molecule has 0 radical (unpaired) electrons. The van der Waals surface area contributed by atoms with Crippen LogP contribution in [0.5, 0.6) is 0 Å². The van der Waals surface area contributed by atoms with Crippen molar-refractivity contribution in [3.8, 4) is 0 Å². The Bertz CT molecular complexity index is 327. The molecule has 0 aromatic carbocycles. The third-order valence-electron chi connectivity index (χ3n) is 3.87. The van der Waals surface area contributed by atoms with Gasteiger partial charge in [-0.15, -0.1) is 12.4 Å². The van der Waals surface area contributed by atoms with Crippen LogP contribution in [0.2, 0.25) is 0 Å². The lowest BCUT2D eigenvalue weighted by Gasteiger charge is -2.28. The fraction of sp³-hybridized carbons (Fsp3) is 0.667. The monoisotopic (exact) mass is 268 g/mol. The zero-order valence-electron chi connectivity index (χ0n) is 11.5. The molecule has 18 heavy (non-hydrogen) atoms. The Labute approximate surface area is 117 Å². The van der Waals surface area contributed by atoms with Crippen molar-refractivity contribution in [2.45, 2.75) is 38.0 Å². The van der Waals surface area contributed by atoms with Crippen molar-refractivity contribution < 1.29 is 0 Å². The van der Waals surface area contributed by atoms with Crippen LogP contribution in [-0.2, 0) is 0 Å². The van der Waals surface area contributed by atoms with Gasteiger partial charge in [-0.25, -0.2) is 0 Å². The van der Waals surface area contributed by atoms with Crippen LogP contribution in [0.1, 0.15) is 43.6 Å². The van der Waals surface area contributed by atoms with Crippen LogP contribution in [0.15, 0.2) is 24.5 Å². The second-order valence-electron chi connectivity index (χ2n) is 5.55. The van der Waals surface area contributed by atoms with E-state index >= 15 is 0 Å². The zero-order valence-corrected chi connectivity index (χ0v) is 12.3. The lowest BCUT2D eigenvalue weighted by Crippen LogP contribution is -2.26. The molecule has 1 aliphatic rings. The molecule has 1 aromatic rings. The fourth-order valence-corrected chi connectivity index (χ4v) is 3.11. The summed E-state index contributed by atoms with van der Waals surface area (Å²) >= 11 is 0. The maximum Gasteiger partial charge on any atom is 0.0302 e. The molecule has 2 nitrogen and oxygen atoms in total. The van der Waals surface area contributed by atoms with Gasteiger partial charge < -0.3 is 4.90 Å². The Balaban J connectivity index is 0.00000162. The summed E-state index contributed by atoms with van der Waals surface area (Å²) in [6, 6.07) is 4.33. The van der Waals surface area contributed by atoms with Crippen molar-refractivity contribution in [2.24, 2.45) is 5.92 Å². The highest BCUT2D eigenvalue weighted by Crippen LogP contribution is 2.36. The minimum atomic E-state index is 0. The molecular formula is C15H25ClN2. The van der Waals surface area contributed by atoms with Gasteiger partial charge in [0.1, 0.15) is 0 Å². The molecule has 0 N–H and O–H groups in total. The second-order valence-corrected chi connectivity index (χ2v) is 5.55. The molecule has 0 aliphatic heterocycles. The largest absolute Gasteiger partial charge is 0.309 e. The van der Waals surface area contributed by atoms with Crippen molar-refractivity contribution in [1.82, 2.24) is 9.88 Å². The predicted octanol–water partition coefficient (Wildman–Crippen LogP) is 3.73. The smallest absolute Gasteiger partial charge is 0.0302 e. The number of nitrogens with zero attached hydrogens (tertiary/aromatic N) is 2. The zero-order chi connectivity index (χ0) is 12.1. The van der Waals surface area contributed by atoms with Gasteiger partial charge in [0.2, 0.25) is 0 Å². The van der Waals surface area contributed by atoms with E-state index in [1.807, 2.05) is 6.20 Å². The first-order valence-electron chi connectivity index (χ1n) is 6.82. The van der Waals surface area contributed by atoms with Crippen LogP contribution >= 0.6 is 12.4 Å². The van der Waals surface area contributed by atoms with Crippen LogP contribution < -0.4 is 0 Å². The molecule has 1 heterocycles. The molecule has 0 saturated heterocycles. The number of hydrogen-bond donors (Lipinski definition) is 0. The van der Waals surface area contributed by atoms with Crippen molar-refractivity contribution in [1.29, 1.82) is 0 Å². The van der Waals surface area contributed by atoms with Crippen LogP contribution in [0, 0.1) is 5.92 Å². The van der Waals surface area contributed by atoms with E-state index in [1.165, 1.54) is 44.2 Å². The predicted molar refractivity (Wildman–Crippen MR) is 79.4 cm³/mol. The van der Waals surface area contributed by atoms with Gasteiger partial charge in [0.25, 0.3) is 0 Å². The first kappa shape index (κ1) is 15.5. The standard InChI is InChI=1S/C15H24N2.ClH/c1-17(2)12-14-7-4-3-5-9-15(14)13-8-6-10-16-11-13;/h6,8,10-11,14-15H,3-5,7,9,12H2,1-2H3;1H/t14-,15+;/m0./s1. The van der Waals surface area contributed by atoms with Crippen LogP contribution in [0.3, 0.4) is 0 Å². The Kier molecular flexibility index (Phi) is 6.66. The molecule has 3 heteroatoms. The topological polar surface area (TPSA) is 16.1 Å². The highest BCUT2D eigenvalue weighted by atomic mass is 35.5. The van der Waals surface area contributed by atoms with E-state index in [9.17, 15) is 0 Å².